The van der Waals surface area contributed by atoms with Gasteiger partial charge in [-0.25, -0.2) is 4.98 Å². The van der Waals surface area contributed by atoms with Gasteiger partial charge in [0.1, 0.15) is 22.9 Å². The van der Waals surface area contributed by atoms with Crippen molar-refractivity contribution in [3.63, 3.8) is 0 Å². The maximum atomic E-state index is 6.56. The Hall–Kier alpha value is -7.50. The van der Waals surface area contributed by atoms with Crippen molar-refractivity contribution in [1.29, 1.82) is 0 Å². The first kappa shape index (κ1) is 32.0. The quantitative estimate of drug-likeness (QED) is 0.177. The molecule has 5 heteroatoms. The van der Waals surface area contributed by atoms with Crippen LogP contribution in [-0.4, -0.2) is 20.2 Å². The van der Waals surface area contributed by atoms with E-state index in [1.165, 1.54) is 16.7 Å². The Morgan fingerprint density at radius 1 is 0.375 bits per heavy atom. The Morgan fingerprint density at radius 3 is 1.70 bits per heavy atom. The Morgan fingerprint density at radius 2 is 0.964 bits per heavy atom. The lowest BCUT2D eigenvalue weighted by molar-refractivity contribution is 0.436. The number of nitrogens with zero attached hydrogens (tertiary/aromatic N) is 4. The molecule has 56 heavy (non-hydrogen) atoms. The molecule has 1 aliphatic carbocycles. The van der Waals surface area contributed by atoms with Gasteiger partial charge in [-0.1, -0.05) is 158 Å². The fourth-order valence-electron chi connectivity index (χ4n) is 8.72. The third-order valence-corrected chi connectivity index (χ3v) is 11.2. The summed E-state index contributed by atoms with van der Waals surface area (Å²) in [6.45, 7) is 0. The largest absolute Gasteiger partial charge is 0.457 e. The fourth-order valence-corrected chi connectivity index (χ4v) is 8.72. The molecule has 0 radical (unpaired) electrons. The van der Waals surface area contributed by atoms with Crippen LogP contribution in [0.4, 0.5) is 0 Å². The topological polar surface area (TPSA) is 60.8 Å². The molecule has 0 amide bonds. The molecule has 7 aromatic carbocycles. The van der Waals surface area contributed by atoms with Crippen LogP contribution >= 0.6 is 0 Å². The minimum absolute atomic E-state index is 0.553. The van der Waals surface area contributed by atoms with Gasteiger partial charge >= 0.3 is 0 Å². The highest BCUT2D eigenvalue weighted by molar-refractivity contribution is 5.93. The smallest absolute Gasteiger partial charge is 0.182 e. The number of fused-ring (bicyclic) bond motifs is 9. The maximum absolute atomic E-state index is 6.56. The van der Waals surface area contributed by atoms with E-state index in [4.69, 9.17) is 19.9 Å². The van der Waals surface area contributed by atoms with Crippen molar-refractivity contribution < 1.29 is 4.74 Å². The van der Waals surface area contributed by atoms with Crippen LogP contribution in [0.5, 0.6) is 11.5 Å². The molecule has 0 unspecified atom stereocenters. The van der Waals surface area contributed by atoms with E-state index in [2.05, 4.69) is 145 Å². The average Bonchev–Trinajstić information content (AvgIpc) is 3.57. The van der Waals surface area contributed by atoms with Gasteiger partial charge in [0, 0.05) is 39.6 Å². The van der Waals surface area contributed by atoms with Crippen LogP contribution in [-0.2, 0) is 5.41 Å². The zero-order valence-corrected chi connectivity index (χ0v) is 30.2. The van der Waals surface area contributed by atoms with Gasteiger partial charge in [0.05, 0.1) is 11.1 Å². The first-order chi connectivity index (χ1) is 27.8. The molecule has 5 nitrogen and oxygen atoms in total. The zero-order chi connectivity index (χ0) is 37.1. The predicted octanol–water partition coefficient (Wildman–Crippen LogP) is 12.1. The van der Waals surface area contributed by atoms with Crippen LogP contribution in [0.1, 0.15) is 22.3 Å². The van der Waals surface area contributed by atoms with E-state index in [1.54, 1.807) is 0 Å². The minimum atomic E-state index is -0.553. The summed E-state index contributed by atoms with van der Waals surface area (Å²) in [5, 5.41) is 9.79. The summed E-state index contributed by atoms with van der Waals surface area (Å²) in [5.41, 5.74) is 14.9. The first-order valence-corrected chi connectivity index (χ1v) is 18.8. The summed E-state index contributed by atoms with van der Waals surface area (Å²) >= 11 is 0. The van der Waals surface area contributed by atoms with Crippen LogP contribution in [0.15, 0.2) is 194 Å². The van der Waals surface area contributed by atoms with Crippen molar-refractivity contribution in [2.75, 3.05) is 0 Å². The second kappa shape index (κ2) is 12.8. The van der Waals surface area contributed by atoms with Gasteiger partial charge in [0.2, 0.25) is 0 Å². The van der Waals surface area contributed by atoms with Gasteiger partial charge in [-0.05, 0) is 63.7 Å². The molecular weight excluding hydrogens is 685 g/mol. The SMILES string of the molecule is c1ccc(-c2ccccc2-c2nnc(-c3ccc(-c4ccccn4)cc3)nc2-c2ccc3c(c2)-c2ccccc2C32c3ccccc3Oc3ccccc32)cc1. The molecule has 262 valence electrons. The summed E-state index contributed by atoms with van der Waals surface area (Å²) in [7, 11) is 0. The molecule has 0 N–H and O–H groups in total. The lowest BCUT2D eigenvalue weighted by Crippen LogP contribution is -2.32. The Labute approximate surface area is 324 Å². The number of benzene rings is 7. The van der Waals surface area contributed by atoms with Gasteiger partial charge in [-0.15, -0.1) is 10.2 Å². The van der Waals surface area contributed by atoms with E-state index < -0.39 is 5.41 Å². The Bertz CT molecular complexity index is 2900. The van der Waals surface area contributed by atoms with E-state index in [0.29, 0.717) is 5.82 Å². The average molecular weight is 717 g/mol. The van der Waals surface area contributed by atoms with Crippen molar-refractivity contribution in [2.45, 2.75) is 5.41 Å². The van der Waals surface area contributed by atoms with Crippen LogP contribution in [0.2, 0.25) is 0 Å². The monoisotopic (exact) mass is 716 g/mol. The fraction of sp³-hybridized carbons (Fsp3) is 0.0196. The van der Waals surface area contributed by atoms with Gasteiger partial charge in [0.15, 0.2) is 5.82 Å². The Kier molecular flexibility index (Phi) is 7.32. The predicted molar refractivity (Wildman–Crippen MR) is 222 cm³/mol. The van der Waals surface area contributed by atoms with Crippen molar-refractivity contribution in [3.05, 3.63) is 217 Å². The number of rotatable bonds is 5. The molecule has 1 spiro atoms. The summed E-state index contributed by atoms with van der Waals surface area (Å²) in [4.78, 5) is 9.91. The summed E-state index contributed by atoms with van der Waals surface area (Å²) in [6, 6.07) is 65.5. The molecule has 0 fully saturated rings. The molecule has 1 aliphatic heterocycles. The van der Waals surface area contributed by atoms with Crippen LogP contribution in [0, 0.1) is 0 Å². The Balaban J connectivity index is 1.14. The molecule has 2 aliphatic rings. The van der Waals surface area contributed by atoms with Crippen LogP contribution in [0.25, 0.3) is 67.4 Å². The number of aromatic nitrogens is 4. The normalized spacial score (nSPS) is 12.9. The van der Waals surface area contributed by atoms with E-state index >= 15 is 0 Å². The molecular formula is C51H32N4O. The van der Waals surface area contributed by atoms with E-state index in [0.717, 1.165) is 78.7 Å². The number of pyridine rings is 1. The highest BCUT2D eigenvalue weighted by Crippen LogP contribution is 2.62. The van der Waals surface area contributed by atoms with Crippen LogP contribution < -0.4 is 4.74 Å². The standard InChI is InChI=1S/C51H32N4O/c1-2-14-33(15-3-1)37-16-4-5-18-39(37)49-48(53-50(55-54-49)35-27-25-34(26-28-35)45-22-12-13-31-52-45)36-29-30-42-40(32-36)38-17-6-7-19-41(38)51(42)43-20-8-10-23-46(43)56-47-24-11-9-21-44(47)51/h1-32H. The maximum Gasteiger partial charge on any atom is 0.182 e. The van der Waals surface area contributed by atoms with E-state index in [1.807, 2.05) is 54.7 Å². The van der Waals surface area contributed by atoms with Crippen molar-refractivity contribution in [1.82, 2.24) is 20.2 Å². The van der Waals surface area contributed by atoms with Gasteiger partial charge in [-0.2, -0.15) is 0 Å². The molecule has 0 saturated heterocycles. The third-order valence-electron chi connectivity index (χ3n) is 11.2. The molecule has 2 aromatic heterocycles. The second-order valence-electron chi connectivity index (χ2n) is 14.2. The number of hydrogen-bond acceptors (Lipinski definition) is 5. The molecule has 0 bridgehead atoms. The van der Waals surface area contributed by atoms with E-state index in [-0.39, 0.29) is 0 Å². The number of hydrogen-bond donors (Lipinski definition) is 0. The molecule has 9 aromatic rings. The third kappa shape index (κ3) is 4.88. The highest BCUT2D eigenvalue weighted by Gasteiger charge is 2.51. The zero-order valence-electron chi connectivity index (χ0n) is 30.2. The number of ether oxygens (including phenoxy) is 1. The van der Waals surface area contributed by atoms with Gasteiger partial charge in [0.25, 0.3) is 0 Å². The molecule has 11 rings (SSSR count). The van der Waals surface area contributed by atoms with Gasteiger partial charge < -0.3 is 4.74 Å². The minimum Gasteiger partial charge on any atom is -0.457 e. The summed E-state index contributed by atoms with van der Waals surface area (Å²) in [6.07, 6.45) is 1.81. The summed E-state index contributed by atoms with van der Waals surface area (Å²) < 4.78 is 6.56. The lowest BCUT2D eigenvalue weighted by atomic mass is 9.66. The molecule has 0 atom stereocenters. The highest BCUT2D eigenvalue weighted by atomic mass is 16.5. The van der Waals surface area contributed by atoms with Crippen molar-refractivity contribution >= 4 is 0 Å². The van der Waals surface area contributed by atoms with Crippen molar-refractivity contribution in [3.8, 4) is 78.9 Å². The van der Waals surface area contributed by atoms with Crippen molar-refractivity contribution in [2.24, 2.45) is 0 Å². The summed E-state index contributed by atoms with van der Waals surface area (Å²) in [5.74, 6) is 2.30. The number of para-hydroxylation sites is 2. The lowest BCUT2D eigenvalue weighted by Gasteiger charge is -2.39. The second-order valence-corrected chi connectivity index (χ2v) is 14.2. The molecule has 3 heterocycles. The van der Waals surface area contributed by atoms with Gasteiger partial charge in [-0.3, -0.25) is 4.98 Å². The first-order valence-electron chi connectivity index (χ1n) is 18.8. The van der Waals surface area contributed by atoms with E-state index in [9.17, 15) is 0 Å². The molecule has 0 saturated carbocycles. The van der Waals surface area contributed by atoms with Crippen LogP contribution in [0.3, 0.4) is 0 Å².